The molecule has 0 spiro atoms. The number of carbonyl (C=O) groups is 2. The van der Waals surface area contributed by atoms with E-state index in [1.807, 2.05) is 0 Å². The summed E-state index contributed by atoms with van der Waals surface area (Å²) in [6, 6.07) is 0. The van der Waals surface area contributed by atoms with Gasteiger partial charge in [0, 0.05) is 11.0 Å². The Morgan fingerprint density at radius 1 is 1.00 bits per heavy atom. The van der Waals surface area contributed by atoms with Gasteiger partial charge in [-0.15, -0.1) is 11.6 Å². The normalized spacial score (nSPS) is 14.1. The number of ketones is 1. The summed E-state index contributed by atoms with van der Waals surface area (Å²) in [5.41, 5.74) is -3.07. The number of nitrogens with one attached hydrogen (secondary N) is 1. The SMILES string of the molecule is CC(C)(NC(=O)C(F)(F)C(F)(F)F)C(C)(C)C(=O)CCl. The summed E-state index contributed by atoms with van der Waals surface area (Å²) in [5, 5.41) is 1.57. The maximum absolute atomic E-state index is 12.9. The topological polar surface area (TPSA) is 46.2 Å². The molecular formula is C11H15ClF5NO2. The van der Waals surface area contributed by atoms with Crippen LogP contribution in [0.25, 0.3) is 0 Å². The Morgan fingerprint density at radius 2 is 1.40 bits per heavy atom. The highest BCUT2D eigenvalue weighted by molar-refractivity contribution is 6.28. The summed E-state index contributed by atoms with van der Waals surface area (Å²) in [6.07, 6.45) is -6.01. The van der Waals surface area contributed by atoms with Crippen molar-refractivity contribution in [2.75, 3.05) is 5.88 Å². The maximum Gasteiger partial charge on any atom is 0.463 e. The lowest BCUT2D eigenvalue weighted by molar-refractivity contribution is -0.270. The Morgan fingerprint density at radius 3 is 1.70 bits per heavy atom. The van der Waals surface area contributed by atoms with E-state index in [-0.39, 0.29) is 0 Å². The summed E-state index contributed by atoms with van der Waals surface area (Å²) >= 11 is 5.35. The van der Waals surface area contributed by atoms with Crippen LogP contribution in [-0.4, -0.2) is 35.2 Å². The molecule has 0 bridgehead atoms. The molecule has 0 saturated carbocycles. The number of rotatable bonds is 5. The first-order valence-corrected chi connectivity index (χ1v) is 6.01. The average Bonchev–Trinajstić information content (AvgIpc) is 2.25. The van der Waals surface area contributed by atoms with Gasteiger partial charge in [0.25, 0.3) is 0 Å². The van der Waals surface area contributed by atoms with Crippen molar-refractivity contribution in [3.63, 3.8) is 0 Å². The molecule has 0 rings (SSSR count). The van der Waals surface area contributed by atoms with Crippen LogP contribution in [0.4, 0.5) is 22.0 Å². The highest BCUT2D eigenvalue weighted by Crippen LogP contribution is 2.38. The van der Waals surface area contributed by atoms with E-state index in [0.717, 1.165) is 0 Å². The molecule has 0 aliphatic heterocycles. The van der Waals surface area contributed by atoms with E-state index >= 15 is 0 Å². The van der Waals surface area contributed by atoms with Crippen molar-refractivity contribution < 1.29 is 31.5 Å². The van der Waals surface area contributed by atoms with Crippen molar-refractivity contribution in [2.24, 2.45) is 5.41 Å². The standard InChI is InChI=1S/C11H15ClF5NO2/c1-8(2,6(19)5-12)9(3,4)18-7(20)10(13,14)11(15,16)17/h5H2,1-4H3,(H,18,20). The van der Waals surface area contributed by atoms with Gasteiger partial charge in [0.05, 0.1) is 5.88 Å². The quantitative estimate of drug-likeness (QED) is 0.624. The summed E-state index contributed by atoms with van der Waals surface area (Å²) in [4.78, 5) is 22.8. The van der Waals surface area contributed by atoms with Crippen molar-refractivity contribution in [1.82, 2.24) is 5.32 Å². The van der Waals surface area contributed by atoms with Gasteiger partial charge in [0.1, 0.15) is 0 Å². The predicted octanol–water partition coefficient (Wildman–Crippen LogP) is 2.91. The fraction of sp³-hybridized carbons (Fsp3) is 0.818. The van der Waals surface area contributed by atoms with E-state index in [1.165, 1.54) is 27.7 Å². The molecule has 0 heterocycles. The largest absolute Gasteiger partial charge is 0.463 e. The molecule has 118 valence electrons. The van der Waals surface area contributed by atoms with Gasteiger partial charge in [-0.25, -0.2) is 0 Å². The van der Waals surface area contributed by atoms with Crippen LogP contribution in [-0.2, 0) is 9.59 Å². The van der Waals surface area contributed by atoms with Crippen LogP contribution in [0, 0.1) is 5.41 Å². The molecular weight excluding hydrogens is 309 g/mol. The summed E-state index contributed by atoms with van der Waals surface area (Å²) < 4.78 is 62.0. The number of halogens is 6. The number of hydrogen-bond donors (Lipinski definition) is 1. The van der Waals surface area contributed by atoms with E-state index in [1.54, 1.807) is 5.32 Å². The Labute approximate surface area is 117 Å². The lowest BCUT2D eigenvalue weighted by atomic mass is 9.71. The zero-order chi connectivity index (χ0) is 16.6. The molecule has 1 amide bonds. The van der Waals surface area contributed by atoms with Gasteiger partial charge >= 0.3 is 18.0 Å². The maximum atomic E-state index is 12.9. The molecule has 20 heavy (non-hydrogen) atoms. The first-order chi connectivity index (χ1) is 8.61. The first-order valence-electron chi connectivity index (χ1n) is 5.47. The molecule has 0 aromatic carbocycles. The fourth-order valence-corrected chi connectivity index (χ4v) is 1.50. The van der Waals surface area contributed by atoms with Crippen LogP contribution in [0.3, 0.4) is 0 Å². The van der Waals surface area contributed by atoms with Gasteiger partial charge in [-0.1, -0.05) is 13.8 Å². The first kappa shape index (κ1) is 19.1. The van der Waals surface area contributed by atoms with Gasteiger partial charge in [-0.05, 0) is 13.8 Å². The minimum absolute atomic E-state index is 0.456. The Kier molecular flexibility index (Phi) is 5.21. The van der Waals surface area contributed by atoms with E-state index in [0.29, 0.717) is 0 Å². The van der Waals surface area contributed by atoms with Crippen LogP contribution in [0.5, 0.6) is 0 Å². The fourth-order valence-electron chi connectivity index (χ4n) is 1.16. The van der Waals surface area contributed by atoms with Crippen molar-refractivity contribution in [3.05, 3.63) is 0 Å². The Bertz CT molecular complexity index is 404. The van der Waals surface area contributed by atoms with Gasteiger partial charge < -0.3 is 5.32 Å². The average molecular weight is 324 g/mol. The Balaban J connectivity index is 5.32. The van der Waals surface area contributed by atoms with Crippen LogP contribution in [0.2, 0.25) is 0 Å². The summed E-state index contributed by atoms with van der Waals surface area (Å²) in [5.74, 6) is -9.10. The third-order valence-electron chi connectivity index (χ3n) is 3.45. The molecule has 0 saturated heterocycles. The number of alkyl halides is 6. The van der Waals surface area contributed by atoms with Crippen molar-refractivity contribution >= 4 is 23.3 Å². The lowest BCUT2D eigenvalue weighted by Gasteiger charge is -2.41. The molecule has 9 heteroatoms. The molecule has 0 radical (unpaired) electrons. The predicted molar refractivity (Wildman–Crippen MR) is 62.7 cm³/mol. The number of carbonyl (C=O) groups excluding carboxylic acids is 2. The Hall–Kier alpha value is -0.920. The third kappa shape index (κ3) is 3.39. The second-order valence-corrected chi connectivity index (χ2v) is 5.60. The summed E-state index contributed by atoms with van der Waals surface area (Å²) in [6.45, 7) is 4.93. The highest BCUT2D eigenvalue weighted by Gasteiger charge is 2.64. The number of hydrogen-bond acceptors (Lipinski definition) is 2. The zero-order valence-corrected chi connectivity index (χ0v) is 12.0. The van der Waals surface area contributed by atoms with Crippen LogP contribution in [0.1, 0.15) is 27.7 Å². The smallest absolute Gasteiger partial charge is 0.345 e. The molecule has 0 atom stereocenters. The third-order valence-corrected chi connectivity index (χ3v) is 3.69. The molecule has 0 aromatic heterocycles. The molecule has 3 nitrogen and oxygen atoms in total. The van der Waals surface area contributed by atoms with Crippen LogP contribution in [0.15, 0.2) is 0 Å². The molecule has 0 aliphatic rings. The number of amides is 1. The van der Waals surface area contributed by atoms with E-state index in [2.05, 4.69) is 0 Å². The molecule has 0 unspecified atom stereocenters. The summed E-state index contributed by atoms with van der Waals surface area (Å²) in [7, 11) is 0. The minimum atomic E-state index is -6.01. The van der Waals surface area contributed by atoms with Crippen LogP contribution >= 0.6 is 11.6 Å². The van der Waals surface area contributed by atoms with Crippen molar-refractivity contribution in [1.29, 1.82) is 0 Å². The van der Waals surface area contributed by atoms with E-state index in [4.69, 9.17) is 11.6 Å². The monoisotopic (exact) mass is 323 g/mol. The number of Topliss-reactive ketones (excluding diaryl/α,β-unsaturated/α-hetero) is 1. The van der Waals surface area contributed by atoms with Gasteiger partial charge in [-0.2, -0.15) is 22.0 Å². The molecule has 0 aromatic rings. The zero-order valence-electron chi connectivity index (χ0n) is 11.3. The van der Waals surface area contributed by atoms with E-state index in [9.17, 15) is 31.5 Å². The molecule has 0 fully saturated rings. The molecule has 0 aliphatic carbocycles. The minimum Gasteiger partial charge on any atom is -0.345 e. The van der Waals surface area contributed by atoms with E-state index < -0.39 is 40.6 Å². The second-order valence-electron chi connectivity index (χ2n) is 5.33. The molecule has 1 N–H and O–H groups in total. The van der Waals surface area contributed by atoms with Gasteiger partial charge in [-0.3, -0.25) is 9.59 Å². The van der Waals surface area contributed by atoms with Gasteiger partial charge in [0.15, 0.2) is 5.78 Å². The second kappa shape index (κ2) is 5.46. The van der Waals surface area contributed by atoms with Gasteiger partial charge in [0.2, 0.25) is 0 Å². The van der Waals surface area contributed by atoms with Crippen molar-refractivity contribution in [2.45, 2.75) is 45.3 Å². The highest BCUT2D eigenvalue weighted by atomic mass is 35.5. The van der Waals surface area contributed by atoms with Crippen LogP contribution < -0.4 is 5.32 Å². The van der Waals surface area contributed by atoms with Crippen molar-refractivity contribution in [3.8, 4) is 0 Å². The lowest BCUT2D eigenvalue weighted by Crippen LogP contribution is -2.62.